The lowest BCUT2D eigenvalue weighted by Crippen LogP contribution is -2.17. The molecule has 1 aromatic carbocycles. The molecule has 0 saturated heterocycles. The van der Waals surface area contributed by atoms with Crippen molar-refractivity contribution >= 4 is 29.0 Å². The van der Waals surface area contributed by atoms with E-state index in [0.717, 1.165) is 22.8 Å². The number of nitrogen functional groups attached to an aromatic ring is 1. The number of nitrogens with one attached hydrogen (secondary N) is 2. The van der Waals surface area contributed by atoms with Gasteiger partial charge in [-0.3, -0.25) is 0 Å². The Labute approximate surface area is 117 Å². The van der Waals surface area contributed by atoms with Gasteiger partial charge < -0.3 is 27.0 Å². The Morgan fingerprint density at radius 1 is 1.35 bits per heavy atom. The van der Waals surface area contributed by atoms with E-state index in [-0.39, 0.29) is 0 Å². The molecule has 20 heavy (non-hydrogen) atoms. The van der Waals surface area contributed by atoms with Crippen LogP contribution in [-0.4, -0.2) is 23.7 Å². The molecule has 1 aliphatic heterocycles. The van der Waals surface area contributed by atoms with Crippen molar-refractivity contribution < 1.29 is 0 Å². The second kappa shape index (κ2) is 4.86. The van der Waals surface area contributed by atoms with E-state index in [2.05, 4.69) is 20.6 Å². The number of fused-ring (bicyclic) bond motifs is 1. The highest BCUT2D eigenvalue weighted by molar-refractivity contribution is 5.81. The van der Waals surface area contributed by atoms with Crippen LogP contribution in [-0.2, 0) is 6.54 Å². The lowest BCUT2D eigenvalue weighted by Gasteiger charge is -2.13. The second-order valence-corrected chi connectivity index (χ2v) is 4.65. The SMILES string of the molecule is CN1CNc2c(N)nc(Nc3ccccc3CN)nc21. The molecule has 0 radical (unpaired) electrons. The van der Waals surface area contributed by atoms with Crippen LogP contribution in [0.4, 0.5) is 29.0 Å². The number of hydrogen-bond donors (Lipinski definition) is 4. The van der Waals surface area contributed by atoms with Crippen LogP contribution in [0.15, 0.2) is 24.3 Å². The third-order valence-electron chi connectivity index (χ3n) is 3.26. The van der Waals surface area contributed by atoms with Gasteiger partial charge in [-0.25, -0.2) is 0 Å². The smallest absolute Gasteiger partial charge is 0.231 e. The standard InChI is InChI=1S/C13H17N7/c1-20-7-16-10-11(15)18-13(19-12(10)20)17-9-5-3-2-4-8(9)6-14/h2-5,16H,6-7,14H2,1H3,(H3,15,17,18,19). The Morgan fingerprint density at radius 2 is 2.15 bits per heavy atom. The maximum absolute atomic E-state index is 5.95. The molecule has 0 spiro atoms. The first-order chi connectivity index (χ1) is 9.69. The summed E-state index contributed by atoms with van der Waals surface area (Å²) >= 11 is 0. The summed E-state index contributed by atoms with van der Waals surface area (Å²) in [5.74, 6) is 1.70. The number of benzene rings is 1. The molecule has 0 unspecified atom stereocenters. The van der Waals surface area contributed by atoms with Crippen molar-refractivity contribution in [2.75, 3.05) is 35.0 Å². The first-order valence-corrected chi connectivity index (χ1v) is 6.36. The number of aromatic nitrogens is 2. The molecular formula is C13H17N7. The van der Waals surface area contributed by atoms with E-state index in [0.29, 0.717) is 25.0 Å². The number of rotatable bonds is 3. The summed E-state index contributed by atoms with van der Waals surface area (Å²) in [5.41, 5.74) is 14.4. The van der Waals surface area contributed by atoms with Crippen LogP contribution in [0.5, 0.6) is 0 Å². The number of para-hydroxylation sites is 1. The molecule has 0 atom stereocenters. The fourth-order valence-electron chi connectivity index (χ4n) is 2.18. The van der Waals surface area contributed by atoms with Gasteiger partial charge in [0, 0.05) is 19.3 Å². The second-order valence-electron chi connectivity index (χ2n) is 4.65. The van der Waals surface area contributed by atoms with Crippen molar-refractivity contribution in [3.63, 3.8) is 0 Å². The summed E-state index contributed by atoms with van der Waals surface area (Å²) in [5, 5.41) is 6.34. The summed E-state index contributed by atoms with van der Waals surface area (Å²) in [7, 11) is 1.95. The van der Waals surface area contributed by atoms with E-state index in [9.17, 15) is 0 Å². The van der Waals surface area contributed by atoms with Gasteiger partial charge in [-0.2, -0.15) is 9.97 Å². The van der Waals surface area contributed by atoms with Crippen LogP contribution in [0.1, 0.15) is 5.56 Å². The lowest BCUT2D eigenvalue weighted by molar-refractivity contribution is 1.00. The third-order valence-corrected chi connectivity index (χ3v) is 3.26. The van der Waals surface area contributed by atoms with Crippen LogP contribution in [0.2, 0.25) is 0 Å². The average molecular weight is 271 g/mol. The molecule has 0 fully saturated rings. The fourth-order valence-corrected chi connectivity index (χ4v) is 2.18. The fraction of sp³-hybridized carbons (Fsp3) is 0.231. The van der Waals surface area contributed by atoms with Crippen molar-refractivity contribution in [2.24, 2.45) is 5.73 Å². The maximum atomic E-state index is 5.95. The van der Waals surface area contributed by atoms with E-state index < -0.39 is 0 Å². The molecule has 2 heterocycles. The van der Waals surface area contributed by atoms with Crippen molar-refractivity contribution in [3.8, 4) is 0 Å². The van der Waals surface area contributed by atoms with Gasteiger partial charge in [0.05, 0.1) is 6.67 Å². The minimum Gasteiger partial charge on any atom is -0.382 e. The first-order valence-electron chi connectivity index (χ1n) is 6.36. The van der Waals surface area contributed by atoms with Gasteiger partial charge in [0.15, 0.2) is 11.6 Å². The largest absolute Gasteiger partial charge is 0.382 e. The van der Waals surface area contributed by atoms with Crippen LogP contribution >= 0.6 is 0 Å². The van der Waals surface area contributed by atoms with Crippen LogP contribution in [0.25, 0.3) is 0 Å². The van der Waals surface area contributed by atoms with Gasteiger partial charge in [-0.1, -0.05) is 18.2 Å². The van der Waals surface area contributed by atoms with Gasteiger partial charge in [0.25, 0.3) is 0 Å². The molecule has 1 aromatic heterocycles. The van der Waals surface area contributed by atoms with Crippen molar-refractivity contribution in [2.45, 2.75) is 6.54 Å². The van der Waals surface area contributed by atoms with Gasteiger partial charge in [0.1, 0.15) is 5.69 Å². The summed E-state index contributed by atoms with van der Waals surface area (Å²) in [6.45, 7) is 1.13. The Kier molecular flexibility index (Phi) is 3.03. The normalized spacial score (nSPS) is 13.0. The van der Waals surface area contributed by atoms with E-state index in [1.165, 1.54) is 0 Å². The predicted octanol–water partition coefficient (Wildman–Crippen LogP) is 1.08. The number of nitrogens with two attached hydrogens (primary N) is 2. The molecule has 0 bridgehead atoms. The first kappa shape index (κ1) is 12.5. The zero-order valence-corrected chi connectivity index (χ0v) is 11.2. The molecule has 0 aliphatic carbocycles. The van der Waals surface area contributed by atoms with Crippen molar-refractivity contribution in [3.05, 3.63) is 29.8 Å². The number of anilines is 5. The highest BCUT2D eigenvalue weighted by atomic mass is 15.3. The van der Waals surface area contributed by atoms with E-state index in [1.54, 1.807) is 0 Å². The third kappa shape index (κ3) is 2.08. The number of nitrogens with zero attached hydrogens (tertiary/aromatic N) is 3. The number of hydrogen-bond acceptors (Lipinski definition) is 7. The van der Waals surface area contributed by atoms with Gasteiger partial charge in [-0.15, -0.1) is 0 Å². The van der Waals surface area contributed by atoms with Crippen LogP contribution in [0.3, 0.4) is 0 Å². The molecule has 104 valence electrons. The van der Waals surface area contributed by atoms with Gasteiger partial charge in [0.2, 0.25) is 5.95 Å². The van der Waals surface area contributed by atoms with Crippen molar-refractivity contribution in [1.82, 2.24) is 9.97 Å². The predicted molar refractivity (Wildman–Crippen MR) is 81.0 cm³/mol. The highest BCUT2D eigenvalue weighted by Crippen LogP contribution is 2.33. The average Bonchev–Trinajstić information content (AvgIpc) is 2.82. The monoisotopic (exact) mass is 271 g/mol. The quantitative estimate of drug-likeness (QED) is 0.662. The topological polar surface area (TPSA) is 105 Å². The van der Waals surface area contributed by atoms with Crippen LogP contribution < -0.4 is 27.0 Å². The Balaban J connectivity index is 1.96. The van der Waals surface area contributed by atoms with Crippen molar-refractivity contribution in [1.29, 1.82) is 0 Å². The minimum atomic E-state index is 0.437. The summed E-state index contributed by atoms with van der Waals surface area (Å²) < 4.78 is 0. The zero-order valence-electron chi connectivity index (χ0n) is 11.2. The van der Waals surface area contributed by atoms with Crippen LogP contribution in [0, 0.1) is 0 Å². The molecule has 0 saturated carbocycles. The minimum absolute atomic E-state index is 0.437. The van der Waals surface area contributed by atoms with E-state index >= 15 is 0 Å². The van der Waals surface area contributed by atoms with Gasteiger partial charge in [-0.05, 0) is 11.6 Å². The zero-order chi connectivity index (χ0) is 14.1. The Hall–Kier alpha value is -2.54. The summed E-state index contributed by atoms with van der Waals surface area (Å²) in [4.78, 5) is 10.7. The molecule has 7 heteroatoms. The maximum Gasteiger partial charge on any atom is 0.231 e. The highest BCUT2D eigenvalue weighted by Gasteiger charge is 2.21. The molecule has 6 N–H and O–H groups in total. The van der Waals surface area contributed by atoms with E-state index in [4.69, 9.17) is 11.5 Å². The van der Waals surface area contributed by atoms with Gasteiger partial charge >= 0.3 is 0 Å². The Morgan fingerprint density at radius 3 is 2.95 bits per heavy atom. The summed E-state index contributed by atoms with van der Waals surface area (Å²) in [6.07, 6.45) is 0. The summed E-state index contributed by atoms with van der Waals surface area (Å²) in [6, 6.07) is 7.79. The molecule has 1 aliphatic rings. The molecule has 0 amide bonds. The molecule has 3 rings (SSSR count). The lowest BCUT2D eigenvalue weighted by atomic mass is 10.2. The molecule has 7 nitrogen and oxygen atoms in total. The molecule has 2 aromatic rings. The molecular weight excluding hydrogens is 254 g/mol. The Bertz CT molecular complexity index is 641. The van der Waals surface area contributed by atoms with E-state index in [1.807, 2.05) is 36.2 Å².